The van der Waals surface area contributed by atoms with Crippen LogP contribution in [0.1, 0.15) is 49.8 Å². The molecule has 4 nitrogen and oxygen atoms in total. The van der Waals surface area contributed by atoms with E-state index >= 15 is 0 Å². The van der Waals surface area contributed by atoms with Crippen LogP contribution in [0.15, 0.2) is 59.8 Å². The molecule has 3 rings (SSSR count). The maximum Gasteiger partial charge on any atom is 0.416 e. The van der Waals surface area contributed by atoms with Crippen molar-refractivity contribution in [2.24, 2.45) is 5.92 Å². The summed E-state index contributed by atoms with van der Waals surface area (Å²) in [5, 5.41) is 0.511. The highest BCUT2D eigenvalue weighted by molar-refractivity contribution is 6.30. The lowest BCUT2D eigenvalue weighted by atomic mass is 9.83. The Morgan fingerprint density at radius 2 is 1.88 bits per heavy atom. The minimum absolute atomic E-state index is 0.0784. The zero-order valence-electron chi connectivity index (χ0n) is 18.6. The Hall–Kier alpha value is -2.80. The van der Waals surface area contributed by atoms with Crippen molar-refractivity contribution in [2.45, 2.75) is 45.8 Å². The van der Waals surface area contributed by atoms with Crippen molar-refractivity contribution < 1.29 is 27.5 Å². The summed E-state index contributed by atoms with van der Waals surface area (Å²) in [4.78, 5) is 27.6. The number of benzene rings is 2. The highest BCUT2D eigenvalue weighted by Crippen LogP contribution is 2.40. The molecule has 0 aromatic heterocycles. The topological polar surface area (TPSA) is 46.6 Å². The number of alkyl halides is 3. The van der Waals surface area contributed by atoms with Crippen LogP contribution >= 0.6 is 11.6 Å². The van der Waals surface area contributed by atoms with Crippen molar-refractivity contribution in [1.82, 2.24) is 4.90 Å². The number of nitrogens with zero attached hydrogens (tertiary/aromatic N) is 1. The minimum Gasteiger partial charge on any atom is -0.462 e. The summed E-state index contributed by atoms with van der Waals surface area (Å²) >= 11 is 6.06. The predicted molar refractivity (Wildman–Crippen MR) is 119 cm³/mol. The second-order valence-corrected chi connectivity index (χ2v) is 8.92. The van der Waals surface area contributed by atoms with Crippen LogP contribution in [0.3, 0.4) is 0 Å². The van der Waals surface area contributed by atoms with Crippen molar-refractivity contribution in [2.75, 3.05) is 6.61 Å². The molecule has 2 aromatic rings. The number of ether oxygens (including phenoxy) is 1. The Morgan fingerprint density at radius 3 is 2.52 bits per heavy atom. The third-order valence-corrected chi connectivity index (χ3v) is 5.67. The first-order valence-corrected chi connectivity index (χ1v) is 10.9. The number of hydrogen-bond donors (Lipinski definition) is 0. The molecule has 0 saturated carbocycles. The van der Waals surface area contributed by atoms with Crippen LogP contribution < -0.4 is 0 Å². The number of carbonyl (C=O) groups excluding carboxylic acids is 2. The predicted octanol–water partition coefficient (Wildman–Crippen LogP) is 6.35. The molecule has 1 unspecified atom stereocenters. The van der Waals surface area contributed by atoms with Crippen LogP contribution in [0.5, 0.6) is 0 Å². The van der Waals surface area contributed by atoms with Gasteiger partial charge < -0.3 is 9.64 Å². The first-order chi connectivity index (χ1) is 15.5. The summed E-state index contributed by atoms with van der Waals surface area (Å²) in [5.74, 6) is -1.69. The Morgan fingerprint density at radius 1 is 1.18 bits per heavy atom. The molecule has 0 saturated heterocycles. The van der Waals surface area contributed by atoms with E-state index < -0.39 is 23.6 Å². The van der Waals surface area contributed by atoms with Gasteiger partial charge in [0, 0.05) is 23.1 Å². The molecule has 0 fully saturated rings. The van der Waals surface area contributed by atoms with E-state index in [1.165, 1.54) is 17.0 Å². The van der Waals surface area contributed by atoms with Gasteiger partial charge in [-0.3, -0.25) is 4.79 Å². The van der Waals surface area contributed by atoms with Gasteiger partial charge >= 0.3 is 12.1 Å². The largest absolute Gasteiger partial charge is 0.462 e. The van der Waals surface area contributed by atoms with Gasteiger partial charge in [0.15, 0.2) is 0 Å². The molecule has 0 N–H and O–H groups in total. The zero-order chi connectivity index (χ0) is 24.3. The molecule has 8 heteroatoms. The summed E-state index contributed by atoms with van der Waals surface area (Å²) in [5.41, 5.74) is 0.736. The molecule has 1 heterocycles. The molecule has 1 atom stereocenters. The number of amides is 1. The zero-order valence-corrected chi connectivity index (χ0v) is 19.3. The Balaban J connectivity index is 2.05. The van der Waals surface area contributed by atoms with E-state index in [2.05, 4.69) is 0 Å². The van der Waals surface area contributed by atoms with Crippen LogP contribution in [0.4, 0.5) is 13.2 Å². The van der Waals surface area contributed by atoms with Crippen molar-refractivity contribution in [3.05, 3.63) is 81.5 Å². The Kier molecular flexibility index (Phi) is 7.52. The van der Waals surface area contributed by atoms with E-state index in [0.717, 1.165) is 17.7 Å². The standard InChI is InChI=1S/C25H25ClF3NO3/c1-15(2)14-33-24(32)23-16(3)30(13-17-6-4-9-20(26)10-17)22(31)12-21(23)18-7-5-8-19(11-18)25(27,28)29/h4-11,15,21H,12-14H2,1-3H3. The average molecular weight is 480 g/mol. The van der Waals surface area contributed by atoms with Gasteiger partial charge in [-0.2, -0.15) is 13.2 Å². The van der Waals surface area contributed by atoms with Gasteiger partial charge in [0.2, 0.25) is 5.91 Å². The van der Waals surface area contributed by atoms with Crippen LogP contribution in [-0.4, -0.2) is 23.4 Å². The maximum absolute atomic E-state index is 13.3. The Bertz CT molecular complexity index is 1080. The van der Waals surface area contributed by atoms with E-state index in [9.17, 15) is 22.8 Å². The van der Waals surface area contributed by atoms with E-state index in [0.29, 0.717) is 10.7 Å². The van der Waals surface area contributed by atoms with E-state index in [-0.39, 0.29) is 42.5 Å². The van der Waals surface area contributed by atoms with Gasteiger partial charge in [-0.15, -0.1) is 0 Å². The number of carbonyl (C=O) groups is 2. The summed E-state index contributed by atoms with van der Waals surface area (Å²) in [7, 11) is 0. The fourth-order valence-corrected chi connectivity index (χ4v) is 4.04. The Labute approximate surface area is 196 Å². The summed E-state index contributed by atoms with van der Waals surface area (Å²) in [6.07, 6.45) is -4.68. The molecule has 0 spiro atoms. The van der Waals surface area contributed by atoms with Crippen molar-refractivity contribution in [1.29, 1.82) is 0 Å². The summed E-state index contributed by atoms with van der Waals surface area (Å²) in [6, 6.07) is 11.7. The third-order valence-electron chi connectivity index (χ3n) is 5.44. The lowest BCUT2D eigenvalue weighted by molar-refractivity contribution is -0.141. The van der Waals surface area contributed by atoms with Gasteiger partial charge in [-0.1, -0.05) is 55.8 Å². The number of rotatable bonds is 6. The van der Waals surface area contributed by atoms with E-state index in [1.807, 2.05) is 19.9 Å². The number of hydrogen-bond acceptors (Lipinski definition) is 3. The summed E-state index contributed by atoms with van der Waals surface area (Å²) < 4.78 is 45.3. The van der Waals surface area contributed by atoms with E-state index in [1.54, 1.807) is 25.1 Å². The highest BCUT2D eigenvalue weighted by atomic mass is 35.5. The number of esters is 1. The van der Waals surface area contributed by atoms with Crippen molar-refractivity contribution >= 4 is 23.5 Å². The maximum atomic E-state index is 13.3. The van der Waals surface area contributed by atoms with Crippen LogP contribution in [0.2, 0.25) is 5.02 Å². The van der Waals surface area contributed by atoms with Gasteiger partial charge in [-0.05, 0) is 42.2 Å². The molecule has 0 aliphatic carbocycles. The first kappa shape index (κ1) is 24.8. The van der Waals surface area contributed by atoms with Gasteiger partial charge in [0.1, 0.15) is 0 Å². The number of halogens is 4. The fourth-order valence-electron chi connectivity index (χ4n) is 3.82. The van der Waals surface area contributed by atoms with Gasteiger partial charge in [0.25, 0.3) is 0 Å². The lowest BCUT2D eigenvalue weighted by Gasteiger charge is -2.35. The van der Waals surface area contributed by atoms with Crippen molar-refractivity contribution in [3.8, 4) is 0 Å². The molecule has 33 heavy (non-hydrogen) atoms. The average Bonchev–Trinajstić information content (AvgIpc) is 2.74. The lowest BCUT2D eigenvalue weighted by Crippen LogP contribution is -2.38. The normalized spacial score (nSPS) is 17.0. The van der Waals surface area contributed by atoms with Crippen LogP contribution in [-0.2, 0) is 27.0 Å². The molecule has 176 valence electrons. The first-order valence-electron chi connectivity index (χ1n) is 10.6. The second kappa shape index (κ2) is 10.00. The summed E-state index contributed by atoms with van der Waals surface area (Å²) in [6.45, 7) is 5.73. The van der Waals surface area contributed by atoms with Gasteiger partial charge in [-0.25, -0.2) is 4.79 Å². The quantitative estimate of drug-likeness (QED) is 0.454. The van der Waals surface area contributed by atoms with Crippen LogP contribution in [0.25, 0.3) is 0 Å². The SMILES string of the molecule is CC1=C(C(=O)OCC(C)C)C(c2cccc(C(F)(F)F)c2)CC(=O)N1Cc1cccc(Cl)c1. The molecule has 0 radical (unpaired) electrons. The van der Waals surface area contributed by atoms with E-state index in [4.69, 9.17) is 16.3 Å². The molecule has 1 aliphatic heterocycles. The molecule has 1 aliphatic rings. The number of allylic oxidation sites excluding steroid dienone is 1. The molecule has 1 amide bonds. The minimum atomic E-state index is -4.54. The fraction of sp³-hybridized carbons (Fsp3) is 0.360. The second-order valence-electron chi connectivity index (χ2n) is 8.48. The van der Waals surface area contributed by atoms with Crippen LogP contribution in [0, 0.1) is 5.92 Å². The smallest absolute Gasteiger partial charge is 0.416 e. The van der Waals surface area contributed by atoms with Gasteiger partial charge in [0.05, 0.1) is 24.3 Å². The molecular weight excluding hydrogens is 455 g/mol. The molecule has 0 bridgehead atoms. The highest BCUT2D eigenvalue weighted by Gasteiger charge is 2.38. The molecular formula is C25H25ClF3NO3. The molecule has 2 aromatic carbocycles. The third kappa shape index (κ3) is 5.96. The monoisotopic (exact) mass is 479 g/mol. The van der Waals surface area contributed by atoms with Crippen molar-refractivity contribution in [3.63, 3.8) is 0 Å².